The summed E-state index contributed by atoms with van der Waals surface area (Å²) < 4.78 is 7.25. The summed E-state index contributed by atoms with van der Waals surface area (Å²) in [6, 6.07) is 0. The van der Waals surface area contributed by atoms with Crippen molar-refractivity contribution in [2.45, 2.75) is 39.5 Å². The topological polar surface area (TPSA) is 52.3 Å². The van der Waals surface area contributed by atoms with Crippen molar-refractivity contribution in [1.82, 2.24) is 19.8 Å². The van der Waals surface area contributed by atoms with Crippen LogP contribution in [0.25, 0.3) is 5.65 Å². The maximum atomic E-state index is 5.45. The number of methoxy groups -OCH3 is 1. The second-order valence-corrected chi connectivity index (χ2v) is 5.15. The summed E-state index contributed by atoms with van der Waals surface area (Å²) in [6.07, 6.45) is 4.50. The van der Waals surface area contributed by atoms with E-state index in [1.807, 2.05) is 6.92 Å². The Morgan fingerprint density at radius 2 is 2.11 bits per heavy atom. The lowest BCUT2D eigenvalue weighted by atomic mass is 10.00. The highest BCUT2D eigenvalue weighted by atomic mass is 16.5. The van der Waals surface area contributed by atoms with Crippen LogP contribution in [0.3, 0.4) is 0 Å². The third-order valence-corrected chi connectivity index (χ3v) is 3.75. The summed E-state index contributed by atoms with van der Waals surface area (Å²) in [5.74, 6) is 2.22. The third kappa shape index (κ3) is 1.65. The molecule has 0 aromatic carbocycles. The molecular weight excluding hydrogens is 228 g/mol. The lowest BCUT2D eigenvalue weighted by molar-refractivity contribution is 0.383. The fraction of sp³-hybridized carbons (Fsp3) is 0.615. The van der Waals surface area contributed by atoms with E-state index in [4.69, 9.17) is 4.74 Å². The lowest BCUT2D eigenvalue weighted by Gasteiger charge is -2.12. The highest BCUT2D eigenvalue weighted by Crippen LogP contribution is 2.31. The zero-order valence-corrected chi connectivity index (χ0v) is 11.1. The predicted octanol–water partition coefficient (Wildman–Crippen LogP) is 1.96. The third-order valence-electron chi connectivity index (χ3n) is 3.75. The Kier molecular flexibility index (Phi) is 2.69. The monoisotopic (exact) mass is 246 g/mol. The summed E-state index contributed by atoms with van der Waals surface area (Å²) in [4.78, 5) is 0. The van der Waals surface area contributed by atoms with Crippen LogP contribution in [0.15, 0.2) is 0 Å². The molecule has 2 aromatic rings. The van der Waals surface area contributed by atoms with Gasteiger partial charge in [-0.25, -0.2) is 0 Å². The van der Waals surface area contributed by atoms with Crippen LogP contribution in [0.1, 0.15) is 36.7 Å². The van der Waals surface area contributed by atoms with Crippen molar-refractivity contribution in [1.29, 1.82) is 0 Å². The SMILES string of the molecule is COc1nn2c(C)nnc2c2c1CCCC(C)C2. The average Bonchev–Trinajstić information content (AvgIpc) is 2.61. The minimum Gasteiger partial charge on any atom is -0.480 e. The van der Waals surface area contributed by atoms with Crippen molar-refractivity contribution in [3.63, 3.8) is 0 Å². The normalized spacial score (nSPS) is 19.6. The number of nitrogens with zero attached hydrogens (tertiary/aromatic N) is 4. The van der Waals surface area contributed by atoms with Gasteiger partial charge in [0.15, 0.2) is 11.5 Å². The maximum absolute atomic E-state index is 5.45. The summed E-state index contributed by atoms with van der Waals surface area (Å²) >= 11 is 0. The number of fused-ring (bicyclic) bond motifs is 3. The van der Waals surface area contributed by atoms with E-state index in [-0.39, 0.29) is 0 Å². The number of aryl methyl sites for hydroxylation is 1. The van der Waals surface area contributed by atoms with E-state index >= 15 is 0 Å². The van der Waals surface area contributed by atoms with Crippen LogP contribution in [0.5, 0.6) is 5.88 Å². The molecule has 0 amide bonds. The summed E-state index contributed by atoms with van der Waals surface area (Å²) in [5, 5.41) is 12.9. The highest BCUT2D eigenvalue weighted by Gasteiger charge is 2.23. The maximum Gasteiger partial charge on any atom is 0.235 e. The van der Waals surface area contributed by atoms with Gasteiger partial charge in [-0.1, -0.05) is 13.3 Å². The molecule has 0 N–H and O–H groups in total. The minimum absolute atomic E-state index is 0.680. The smallest absolute Gasteiger partial charge is 0.235 e. The van der Waals surface area contributed by atoms with Gasteiger partial charge in [-0.05, 0) is 32.1 Å². The molecule has 0 bridgehead atoms. The van der Waals surface area contributed by atoms with Crippen molar-refractivity contribution in [3.8, 4) is 5.88 Å². The van der Waals surface area contributed by atoms with E-state index in [1.165, 1.54) is 24.0 Å². The van der Waals surface area contributed by atoms with Crippen LogP contribution in [-0.4, -0.2) is 26.9 Å². The van der Waals surface area contributed by atoms with Gasteiger partial charge in [0.05, 0.1) is 7.11 Å². The van der Waals surface area contributed by atoms with Crippen molar-refractivity contribution in [2.24, 2.45) is 5.92 Å². The van der Waals surface area contributed by atoms with Gasteiger partial charge in [0.1, 0.15) is 0 Å². The Hall–Kier alpha value is -1.65. The minimum atomic E-state index is 0.680. The van der Waals surface area contributed by atoms with Crippen LogP contribution < -0.4 is 4.74 Å². The quantitative estimate of drug-likeness (QED) is 0.722. The molecule has 2 heterocycles. The van der Waals surface area contributed by atoms with E-state index in [2.05, 4.69) is 22.2 Å². The molecule has 0 aliphatic heterocycles. The number of rotatable bonds is 1. The molecule has 3 rings (SSSR count). The molecule has 0 saturated carbocycles. The zero-order chi connectivity index (χ0) is 12.7. The van der Waals surface area contributed by atoms with Crippen molar-refractivity contribution in [3.05, 3.63) is 17.0 Å². The first-order chi connectivity index (χ1) is 8.70. The number of ether oxygens (including phenoxy) is 1. The van der Waals surface area contributed by atoms with Crippen molar-refractivity contribution in [2.75, 3.05) is 7.11 Å². The molecule has 96 valence electrons. The first kappa shape index (κ1) is 11.4. The molecule has 1 unspecified atom stereocenters. The molecule has 0 fully saturated rings. The Labute approximate surface area is 106 Å². The molecule has 5 nitrogen and oxygen atoms in total. The molecule has 18 heavy (non-hydrogen) atoms. The molecule has 1 atom stereocenters. The van der Waals surface area contributed by atoms with Crippen LogP contribution in [-0.2, 0) is 12.8 Å². The molecule has 0 spiro atoms. The van der Waals surface area contributed by atoms with E-state index in [1.54, 1.807) is 11.6 Å². The Morgan fingerprint density at radius 3 is 2.89 bits per heavy atom. The average molecular weight is 246 g/mol. The van der Waals surface area contributed by atoms with Gasteiger partial charge in [-0.3, -0.25) is 0 Å². The first-order valence-corrected chi connectivity index (χ1v) is 6.48. The summed E-state index contributed by atoms with van der Waals surface area (Å²) in [7, 11) is 1.68. The van der Waals surface area contributed by atoms with Crippen LogP contribution in [0.4, 0.5) is 0 Å². The Bertz CT molecular complexity index is 590. The van der Waals surface area contributed by atoms with E-state index in [0.717, 1.165) is 30.2 Å². The fourth-order valence-corrected chi connectivity index (χ4v) is 2.79. The van der Waals surface area contributed by atoms with Gasteiger partial charge in [-0.2, -0.15) is 4.52 Å². The standard InChI is InChI=1S/C13H18N4O/c1-8-5-4-6-10-11(7-8)12-15-14-9(2)17(12)16-13(10)18-3/h8H,4-7H2,1-3H3. The Morgan fingerprint density at radius 1 is 1.28 bits per heavy atom. The largest absolute Gasteiger partial charge is 0.480 e. The van der Waals surface area contributed by atoms with Gasteiger partial charge in [0.2, 0.25) is 5.88 Å². The summed E-state index contributed by atoms with van der Waals surface area (Å²) in [6.45, 7) is 4.21. The second kappa shape index (κ2) is 4.23. The predicted molar refractivity (Wildman–Crippen MR) is 67.9 cm³/mol. The summed E-state index contributed by atoms with van der Waals surface area (Å²) in [5.41, 5.74) is 3.39. The van der Waals surface area contributed by atoms with E-state index in [0.29, 0.717) is 5.92 Å². The second-order valence-electron chi connectivity index (χ2n) is 5.15. The molecule has 1 aliphatic rings. The van der Waals surface area contributed by atoms with Crippen molar-refractivity contribution >= 4 is 5.65 Å². The van der Waals surface area contributed by atoms with Crippen molar-refractivity contribution < 1.29 is 4.74 Å². The molecule has 0 radical (unpaired) electrons. The Balaban J connectivity index is 2.30. The molecule has 2 aromatic heterocycles. The van der Waals surface area contributed by atoms with Gasteiger partial charge >= 0.3 is 0 Å². The van der Waals surface area contributed by atoms with E-state index < -0.39 is 0 Å². The lowest BCUT2D eigenvalue weighted by Crippen LogP contribution is -2.08. The van der Waals surface area contributed by atoms with Gasteiger partial charge in [-0.15, -0.1) is 15.3 Å². The van der Waals surface area contributed by atoms with Gasteiger partial charge in [0.25, 0.3) is 0 Å². The van der Waals surface area contributed by atoms with Gasteiger partial charge < -0.3 is 4.74 Å². The molecule has 0 saturated heterocycles. The van der Waals surface area contributed by atoms with Crippen LogP contribution in [0.2, 0.25) is 0 Å². The zero-order valence-electron chi connectivity index (χ0n) is 11.1. The fourth-order valence-electron chi connectivity index (χ4n) is 2.79. The number of hydrogen-bond donors (Lipinski definition) is 0. The number of aromatic nitrogens is 4. The molecule has 5 heteroatoms. The van der Waals surface area contributed by atoms with Crippen LogP contribution >= 0.6 is 0 Å². The van der Waals surface area contributed by atoms with Gasteiger partial charge in [0, 0.05) is 11.1 Å². The first-order valence-electron chi connectivity index (χ1n) is 6.48. The highest BCUT2D eigenvalue weighted by molar-refractivity contribution is 5.54. The number of hydrogen-bond acceptors (Lipinski definition) is 4. The molecule has 1 aliphatic carbocycles. The van der Waals surface area contributed by atoms with E-state index in [9.17, 15) is 0 Å². The van der Waals surface area contributed by atoms with Crippen LogP contribution in [0, 0.1) is 12.8 Å². The molecular formula is C13H18N4O.